The molecule has 190 valence electrons. The highest BCUT2D eigenvalue weighted by Gasteiger charge is 2.15. The van der Waals surface area contributed by atoms with E-state index < -0.39 is 16.1 Å². The van der Waals surface area contributed by atoms with Gasteiger partial charge in [0.1, 0.15) is 19.0 Å². The Kier molecular flexibility index (Phi) is 7.80. The second-order valence-corrected chi connectivity index (χ2v) is 9.80. The summed E-state index contributed by atoms with van der Waals surface area (Å²) in [7, 11) is -3.88. The van der Waals surface area contributed by atoms with Crippen LogP contribution in [0.5, 0.6) is 5.75 Å². The second kappa shape index (κ2) is 11.2. The molecule has 1 N–H and O–H groups in total. The van der Waals surface area contributed by atoms with Crippen LogP contribution in [0.25, 0.3) is 11.3 Å². The zero-order valence-electron chi connectivity index (χ0n) is 19.9. The molecule has 37 heavy (non-hydrogen) atoms. The van der Waals surface area contributed by atoms with Gasteiger partial charge in [-0.2, -0.15) is 13.5 Å². The monoisotopic (exact) mass is 520 g/mol. The summed E-state index contributed by atoms with van der Waals surface area (Å²) in [5.74, 6) is -0.576. The number of carbonyl (C=O) groups is 1. The van der Waals surface area contributed by atoms with Crippen LogP contribution in [0.2, 0.25) is 0 Å². The molecule has 0 aliphatic carbocycles. The Hall–Kier alpha value is -4.28. The number of rotatable bonds is 10. The molecule has 10 heteroatoms. The molecule has 3 aromatic carbocycles. The van der Waals surface area contributed by atoms with E-state index in [0.717, 1.165) is 5.56 Å². The Labute approximate surface area is 213 Å². The summed E-state index contributed by atoms with van der Waals surface area (Å²) >= 11 is 0. The summed E-state index contributed by atoms with van der Waals surface area (Å²) in [5, 5.41) is 13.6. The van der Waals surface area contributed by atoms with Crippen LogP contribution in [-0.2, 0) is 20.8 Å². The zero-order chi connectivity index (χ0) is 26.4. The minimum atomic E-state index is -3.88. The van der Waals surface area contributed by atoms with Gasteiger partial charge in [0.05, 0.1) is 22.7 Å². The largest absolute Gasteiger partial charge is 0.491 e. The van der Waals surface area contributed by atoms with E-state index in [1.54, 1.807) is 54.6 Å². The van der Waals surface area contributed by atoms with Crippen LogP contribution in [0, 0.1) is 6.92 Å². The molecule has 0 radical (unpaired) electrons. The lowest BCUT2D eigenvalue weighted by Crippen LogP contribution is -2.23. The first-order valence-corrected chi connectivity index (χ1v) is 12.7. The highest BCUT2D eigenvalue weighted by atomic mass is 32.2. The highest BCUT2D eigenvalue weighted by Crippen LogP contribution is 2.22. The number of aryl methyl sites for hydroxylation is 1. The van der Waals surface area contributed by atoms with Gasteiger partial charge < -0.3 is 9.84 Å². The molecule has 0 spiro atoms. The SMILES string of the molecule is Cc1ccc(S(=O)(=O)OCCOc2cccc(-c3ccc(=O)n(Cc4cccc(C(=O)O)c4)n3)c2)cc1. The lowest BCUT2D eigenvalue weighted by atomic mass is 10.1. The Balaban J connectivity index is 1.42. The molecule has 0 fully saturated rings. The minimum Gasteiger partial charge on any atom is -0.491 e. The maximum atomic E-state index is 12.4. The van der Waals surface area contributed by atoms with Crippen LogP contribution >= 0.6 is 0 Å². The number of nitrogens with zero attached hydrogens (tertiary/aromatic N) is 2. The summed E-state index contributed by atoms with van der Waals surface area (Å²) in [6.45, 7) is 1.81. The number of benzene rings is 3. The summed E-state index contributed by atoms with van der Waals surface area (Å²) in [4.78, 5) is 23.7. The Morgan fingerprint density at radius 2 is 1.70 bits per heavy atom. The highest BCUT2D eigenvalue weighted by molar-refractivity contribution is 7.86. The molecule has 9 nitrogen and oxygen atoms in total. The molecule has 0 aliphatic heterocycles. The molecule has 4 rings (SSSR count). The van der Waals surface area contributed by atoms with Crippen LogP contribution in [0.1, 0.15) is 21.5 Å². The van der Waals surface area contributed by atoms with Crippen molar-refractivity contribution in [3.05, 3.63) is 112 Å². The molecular weight excluding hydrogens is 496 g/mol. The van der Waals surface area contributed by atoms with Crippen LogP contribution < -0.4 is 10.3 Å². The van der Waals surface area contributed by atoms with Crippen LogP contribution in [0.4, 0.5) is 0 Å². The zero-order valence-corrected chi connectivity index (χ0v) is 20.7. The Morgan fingerprint density at radius 3 is 2.46 bits per heavy atom. The number of aromatic carboxylic acids is 1. The first-order chi connectivity index (χ1) is 17.7. The maximum Gasteiger partial charge on any atom is 0.335 e. The fraction of sp³-hybridized carbons (Fsp3) is 0.148. The first-order valence-electron chi connectivity index (χ1n) is 11.3. The smallest absolute Gasteiger partial charge is 0.335 e. The number of carboxylic acids is 1. The second-order valence-electron chi connectivity index (χ2n) is 8.19. The Morgan fingerprint density at radius 1 is 0.946 bits per heavy atom. The van der Waals surface area contributed by atoms with Gasteiger partial charge in [0.25, 0.3) is 15.7 Å². The summed E-state index contributed by atoms with van der Waals surface area (Å²) in [5.41, 5.74) is 2.56. The normalized spacial score (nSPS) is 11.3. The first kappa shape index (κ1) is 25.8. The molecular formula is C27H24N2O7S. The maximum absolute atomic E-state index is 12.4. The van der Waals surface area contributed by atoms with Crippen LogP contribution in [-0.4, -0.2) is 42.5 Å². The van der Waals surface area contributed by atoms with Crippen molar-refractivity contribution in [1.82, 2.24) is 9.78 Å². The quantitative estimate of drug-likeness (QED) is 0.248. The van der Waals surface area contributed by atoms with E-state index in [-0.39, 0.29) is 35.8 Å². The standard InChI is InChI=1S/C27H24N2O7S/c1-19-8-10-24(11-9-19)37(33,34)36-15-14-35-23-7-3-5-21(17-23)25-12-13-26(30)29(28-25)18-20-4-2-6-22(16-20)27(31)32/h2-13,16-17H,14-15,18H2,1H3,(H,31,32). The lowest BCUT2D eigenvalue weighted by Gasteiger charge is -2.10. The molecule has 0 saturated heterocycles. The van der Waals surface area contributed by atoms with Gasteiger partial charge >= 0.3 is 5.97 Å². The molecule has 4 aromatic rings. The van der Waals surface area contributed by atoms with Gasteiger partial charge in [0, 0.05) is 11.6 Å². The minimum absolute atomic E-state index is 0.00138. The van der Waals surface area contributed by atoms with Gasteiger partial charge in [-0.05, 0) is 55.0 Å². The van der Waals surface area contributed by atoms with Crippen molar-refractivity contribution in [1.29, 1.82) is 0 Å². The number of carboxylic acid groups (broad SMARTS) is 1. The van der Waals surface area contributed by atoms with E-state index in [9.17, 15) is 23.1 Å². The topological polar surface area (TPSA) is 125 Å². The summed E-state index contributed by atoms with van der Waals surface area (Å²) in [6, 6.07) is 22.7. The fourth-order valence-electron chi connectivity index (χ4n) is 3.51. The predicted octanol–water partition coefficient (Wildman–Crippen LogP) is 3.75. The van der Waals surface area contributed by atoms with Crippen molar-refractivity contribution >= 4 is 16.1 Å². The van der Waals surface area contributed by atoms with Gasteiger partial charge in [-0.25, -0.2) is 9.48 Å². The molecule has 0 bridgehead atoms. The third-order valence-corrected chi connectivity index (χ3v) is 6.73. The lowest BCUT2D eigenvalue weighted by molar-refractivity contribution is 0.0696. The molecule has 1 aromatic heterocycles. The van der Waals surface area contributed by atoms with E-state index in [0.29, 0.717) is 22.6 Å². The van der Waals surface area contributed by atoms with Crippen molar-refractivity contribution in [3.63, 3.8) is 0 Å². The van der Waals surface area contributed by atoms with E-state index >= 15 is 0 Å². The number of aromatic nitrogens is 2. The average molecular weight is 521 g/mol. The Bertz CT molecular complexity index is 1580. The molecule has 0 aliphatic rings. The van der Waals surface area contributed by atoms with Gasteiger partial charge in [-0.15, -0.1) is 0 Å². The molecule has 0 unspecified atom stereocenters. The van der Waals surface area contributed by atoms with Crippen LogP contribution in [0.15, 0.2) is 94.6 Å². The summed E-state index contributed by atoms with van der Waals surface area (Å²) in [6.07, 6.45) is 0. The number of hydrogen-bond acceptors (Lipinski definition) is 7. The van der Waals surface area contributed by atoms with Crippen molar-refractivity contribution in [2.24, 2.45) is 0 Å². The van der Waals surface area contributed by atoms with E-state index in [1.807, 2.05) is 6.92 Å². The summed E-state index contributed by atoms with van der Waals surface area (Å²) < 4.78 is 36.6. The van der Waals surface area contributed by atoms with E-state index in [2.05, 4.69) is 5.10 Å². The van der Waals surface area contributed by atoms with E-state index in [4.69, 9.17) is 8.92 Å². The predicted molar refractivity (Wildman–Crippen MR) is 136 cm³/mol. The van der Waals surface area contributed by atoms with Gasteiger partial charge in [0.15, 0.2) is 0 Å². The molecule has 0 saturated carbocycles. The van der Waals surface area contributed by atoms with Gasteiger partial charge in [-0.1, -0.05) is 42.0 Å². The van der Waals surface area contributed by atoms with E-state index in [1.165, 1.54) is 35.0 Å². The van der Waals surface area contributed by atoms with Crippen LogP contribution in [0.3, 0.4) is 0 Å². The van der Waals surface area contributed by atoms with Crippen molar-refractivity contribution in [2.45, 2.75) is 18.4 Å². The van der Waals surface area contributed by atoms with Crippen molar-refractivity contribution < 1.29 is 27.2 Å². The fourth-order valence-corrected chi connectivity index (χ4v) is 4.41. The number of ether oxygens (including phenoxy) is 1. The van der Waals surface area contributed by atoms with Crippen molar-refractivity contribution in [2.75, 3.05) is 13.2 Å². The average Bonchev–Trinajstić information content (AvgIpc) is 2.88. The molecule has 0 atom stereocenters. The third kappa shape index (κ3) is 6.69. The van der Waals surface area contributed by atoms with Gasteiger partial charge in [0.2, 0.25) is 0 Å². The van der Waals surface area contributed by atoms with Gasteiger partial charge in [-0.3, -0.25) is 8.98 Å². The molecule has 1 heterocycles. The third-order valence-electron chi connectivity index (χ3n) is 5.40. The molecule has 0 amide bonds. The number of hydrogen-bond donors (Lipinski definition) is 1. The van der Waals surface area contributed by atoms with Crippen molar-refractivity contribution in [3.8, 4) is 17.0 Å².